The lowest BCUT2D eigenvalue weighted by Crippen LogP contribution is -2.43. The standard InChI is InChI=1S/C23H26N2O3S/c1-2-17-12-13-21-20(14-17)19-10-6-7-11-22(19)29(27,28)25(21)16-23(26)24-15-18-8-4-3-5-9-18/h6-8,10-14H,2-5,9,15-16H2,1H3,(H,24,26). The molecule has 5 nitrogen and oxygen atoms in total. The number of nitrogens with zero attached hydrogens (tertiary/aromatic N) is 1. The Bertz CT molecular complexity index is 1070. The highest BCUT2D eigenvalue weighted by Gasteiger charge is 2.35. The van der Waals surface area contributed by atoms with Crippen LogP contribution in [0.1, 0.15) is 38.2 Å². The van der Waals surface area contributed by atoms with Gasteiger partial charge in [-0.3, -0.25) is 9.10 Å². The van der Waals surface area contributed by atoms with Crippen LogP contribution in [-0.2, 0) is 21.2 Å². The van der Waals surface area contributed by atoms with Crippen LogP contribution in [0.5, 0.6) is 0 Å². The molecular weight excluding hydrogens is 384 g/mol. The summed E-state index contributed by atoms with van der Waals surface area (Å²) in [4.78, 5) is 12.9. The fourth-order valence-electron chi connectivity index (χ4n) is 4.03. The van der Waals surface area contributed by atoms with Crippen molar-refractivity contribution in [1.29, 1.82) is 0 Å². The summed E-state index contributed by atoms with van der Waals surface area (Å²) in [5, 5.41) is 2.90. The zero-order valence-corrected chi connectivity index (χ0v) is 17.5. The number of fused-ring (bicyclic) bond motifs is 3. The number of carbonyl (C=O) groups excluding carboxylic acids is 1. The first kappa shape index (κ1) is 19.7. The van der Waals surface area contributed by atoms with Gasteiger partial charge in [0.1, 0.15) is 6.54 Å². The van der Waals surface area contributed by atoms with Crippen LogP contribution in [0.3, 0.4) is 0 Å². The molecule has 1 N–H and O–H groups in total. The Hall–Kier alpha value is -2.60. The van der Waals surface area contributed by atoms with Gasteiger partial charge in [0, 0.05) is 17.7 Å². The van der Waals surface area contributed by atoms with Crippen molar-refractivity contribution in [3.05, 3.63) is 59.7 Å². The third-order valence-electron chi connectivity index (χ3n) is 5.67. The quantitative estimate of drug-likeness (QED) is 0.757. The van der Waals surface area contributed by atoms with Gasteiger partial charge < -0.3 is 5.32 Å². The number of amides is 1. The number of hydrogen-bond donors (Lipinski definition) is 1. The van der Waals surface area contributed by atoms with E-state index in [0.717, 1.165) is 36.8 Å². The summed E-state index contributed by atoms with van der Waals surface area (Å²) in [6.07, 6.45) is 7.43. The monoisotopic (exact) mass is 410 g/mol. The fraction of sp³-hybridized carbons (Fsp3) is 0.348. The maximum Gasteiger partial charge on any atom is 0.265 e. The maximum atomic E-state index is 13.3. The normalized spacial score (nSPS) is 17.1. The largest absolute Gasteiger partial charge is 0.351 e. The third kappa shape index (κ3) is 3.81. The first-order chi connectivity index (χ1) is 14.0. The lowest BCUT2D eigenvalue weighted by atomic mass is 9.99. The van der Waals surface area contributed by atoms with Crippen molar-refractivity contribution in [2.75, 3.05) is 17.4 Å². The molecule has 0 fully saturated rings. The zero-order chi connectivity index (χ0) is 20.4. The molecule has 0 atom stereocenters. The van der Waals surface area contributed by atoms with Crippen LogP contribution < -0.4 is 9.62 Å². The Morgan fingerprint density at radius 1 is 1.10 bits per heavy atom. The molecule has 2 aliphatic rings. The highest BCUT2D eigenvalue weighted by molar-refractivity contribution is 7.93. The molecule has 0 radical (unpaired) electrons. The van der Waals surface area contributed by atoms with E-state index in [1.54, 1.807) is 12.1 Å². The van der Waals surface area contributed by atoms with Crippen LogP contribution in [-0.4, -0.2) is 27.4 Å². The summed E-state index contributed by atoms with van der Waals surface area (Å²) in [5.74, 6) is -0.287. The van der Waals surface area contributed by atoms with E-state index >= 15 is 0 Å². The zero-order valence-electron chi connectivity index (χ0n) is 16.6. The molecule has 1 heterocycles. The molecule has 0 unspecified atom stereocenters. The number of allylic oxidation sites excluding steroid dienone is 1. The Morgan fingerprint density at radius 2 is 1.93 bits per heavy atom. The summed E-state index contributed by atoms with van der Waals surface area (Å²) in [6.45, 7) is 2.34. The van der Waals surface area contributed by atoms with E-state index in [1.807, 2.05) is 30.3 Å². The summed E-state index contributed by atoms with van der Waals surface area (Å²) < 4.78 is 27.8. The molecule has 0 saturated heterocycles. The number of benzene rings is 2. The second-order valence-corrected chi connectivity index (χ2v) is 9.43. The minimum atomic E-state index is -3.80. The second kappa shape index (κ2) is 8.03. The Balaban J connectivity index is 1.64. The number of sulfonamides is 1. The lowest BCUT2D eigenvalue weighted by Gasteiger charge is -2.32. The average Bonchev–Trinajstić information content (AvgIpc) is 2.75. The van der Waals surface area contributed by atoms with Gasteiger partial charge in [0.05, 0.1) is 10.6 Å². The van der Waals surface area contributed by atoms with Gasteiger partial charge in [-0.25, -0.2) is 8.42 Å². The number of aryl methyl sites for hydroxylation is 1. The van der Waals surface area contributed by atoms with E-state index in [-0.39, 0.29) is 17.3 Å². The topological polar surface area (TPSA) is 66.5 Å². The van der Waals surface area contributed by atoms with Crippen LogP contribution in [0.15, 0.2) is 59.0 Å². The maximum absolute atomic E-state index is 13.3. The van der Waals surface area contributed by atoms with Crippen molar-refractivity contribution in [3.63, 3.8) is 0 Å². The summed E-state index contributed by atoms with van der Waals surface area (Å²) >= 11 is 0. The van der Waals surface area contributed by atoms with Crippen LogP contribution in [0.4, 0.5) is 5.69 Å². The molecule has 1 aliphatic carbocycles. The third-order valence-corrected chi connectivity index (χ3v) is 7.49. The molecule has 4 rings (SSSR count). The molecular formula is C23H26N2O3S. The summed E-state index contributed by atoms with van der Waals surface area (Å²) in [6, 6.07) is 12.8. The molecule has 0 saturated carbocycles. The SMILES string of the molecule is CCc1ccc2c(c1)-c1ccccc1S(=O)(=O)N2CC(=O)NCC1=CCCCC1. The smallest absolute Gasteiger partial charge is 0.265 e. The molecule has 29 heavy (non-hydrogen) atoms. The molecule has 0 bridgehead atoms. The van der Waals surface area contributed by atoms with Gasteiger partial charge in [0.2, 0.25) is 5.91 Å². The van der Waals surface area contributed by atoms with Gasteiger partial charge in [0.15, 0.2) is 0 Å². The van der Waals surface area contributed by atoms with Crippen LogP contribution >= 0.6 is 0 Å². The molecule has 1 amide bonds. The Labute approximate surface area is 172 Å². The first-order valence-electron chi connectivity index (χ1n) is 10.2. The highest BCUT2D eigenvalue weighted by Crippen LogP contribution is 2.43. The molecule has 1 aliphatic heterocycles. The number of rotatable bonds is 5. The highest BCUT2D eigenvalue weighted by atomic mass is 32.2. The number of carbonyl (C=O) groups is 1. The minimum absolute atomic E-state index is 0.220. The van der Waals surface area contributed by atoms with Crippen molar-refractivity contribution in [1.82, 2.24) is 5.32 Å². The summed E-state index contributed by atoms with van der Waals surface area (Å²) in [5.41, 5.74) is 4.48. The van der Waals surface area contributed by atoms with Crippen LogP contribution in [0.2, 0.25) is 0 Å². The van der Waals surface area contributed by atoms with E-state index in [9.17, 15) is 13.2 Å². The van der Waals surface area contributed by atoms with Gasteiger partial charge in [-0.15, -0.1) is 0 Å². The van der Waals surface area contributed by atoms with Gasteiger partial charge in [-0.05, 0) is 55.9 Å². The Kier molecular flexibility index (Phi) is 5.46. The van der Waals surface area contributed by atoms with Gasteiger partial charge in [-0.1, -0.05) is 42.8 Å². The van der Waals surface area contributed by atoms with Crippen molar-refractivity contribution < 1.29 is 13.2 Å². The molecule has 2 aromatic rings. The van der Waals surface area contributed by atoms with Crippen LogP contribution in [0.25, 0.3) is 11.1 Å². The van der Waals surface area contributed by atoms with E-state index in [4.69, 9.17) is 0 Å². The molecule has 0 spiro atoms. The van der Waals surface area contributed by atoms with Gasteiger partial charge in [-0.2, -0.15) is 0 Å². The summed E-state index contributed by atoms with van der Waals surface area (Å²) in [7, 11) is -3.80. The molecule has 152 valence electrons. The average molecular weight is 411 g/mol. The fourth-order valence-corrected chi connectivity index (χ4v) is 5.68. The van der Waals surface area contributed by atoms with Crippen molar-refractivity contribution in [2.24, 2.45) is 0 Å². The predicted molar refractivity (Wildman–Crippen MR) is 115 cm³/mol. The molecule has 6 heteroatoms. The van der Waals surface area contributed by atoms with Crippen LogP contribution in [0, 0.1) is 0 Å². The van der Waals surface area contributed by atoms with Crippen molar-refractivity contribution in [3.8, 4) is 11.1 Å². The number of nitrogens with one attached hydrogen (secondary N) is 1. The van der Waals surface area contributed by atoms with E-state index in [0.29, 0.717) is 17.8 Å². The Morgan fingerprint density at radius 3 is 2.69 bits per heavy atom. The lowest BCUT2D eigenvalue weighted by molar-refractivity contribution is -0.119. The predicted octanol–water partition coefficient (Wildman–Crippen LogP) is 4.04. The minimum Gasteiger partial charge on any atom is -0.351 e. The van der Waals surface area contributed by atoms with Gasteiger partial charge in [0.25, 0.3) is 10.0 Å². The molecule has 2 aromatic carbocycles. The van der Waals surface area contributed by atoms with Crippen molar-refractivity contribution in [2.45, 2.75) is 43.9 Å². The first-order valence-corrected chi connectivity index (χ1v) is 11.6. The molecule has 0 aromatic heterocycles. The number of anilines is 1. The van der Waals surface area contributed by atoms with E-state index in [2.05, 4.69) is 18.3 Å². The number of hydrogen-bond acceptors (Lipinski definition) is 3. The second-order valence-electron chi connectivity index (χ2n) is 7.60. The van der Waals surface area contributed by atoms with Gasteiger partial charge >= 0.3 is 0 Å². The van der Waals surface area contributed by atoms with E-state index < -0.39 is 10.0 Å². The van der Waals surface area contributed by atoms with Crippen molar-refractivity contribution >= 4 is 21.6 Å². The van der Waals surface area contributed by atoms with E-state index in [1.165, 1.54) is 16.3 Å².